The standard InChI is InChI=1S/C18H26ClNO2/c1-21-11-5-16-6-12-22-18(16)7-9-20(10-8-18)14-15-3-2-4-17(19)13-15/h2-4,13,16H,5-12,14H2,1H3/t16-/m0/s1. The van der Waals surface area contributed by atoms with Crippen molar-refractivity contribution < 1.29 is 9.47 Å². The van der Waals surface area contributed by atoms with Gasteiger partial charge in [-0.25, -0.2) is 0 Å². The first kappa shape index (κ1) is 16.3. The van der Waals surface area contributed by atoms with E-state index in [1.807, 2.05) is 12.1 Å². The smallest absolute Gasteiger partial charge is 0.0736 e. The van der Waals surface area contributed by atoms with Gasteiger partial charge in [0, 0.05) is 45.0 Å². The van der Waals surface area contributed by atoms with Gasteiger partial charge in [0.2, 0.25) is 0 Å². The Bertz CT molecular complexity index is 486. The fourth-order valence-corrected chi connectivity index (χ4v) is 4.20. The van der Waals surface area contributed by atoms with Gasteiger partial charge in [-0.15, -0.1) is 0 Å². The molecule has 1 spiro atoms. The van der Waals surface area contributed by atoms with Crippen molar-refractivity contribution in [3.05, 3.63) is 34.9 Å². The summed E-state index contributed by atoms with van der Waals surface area (Å²) in [6.45, 7) is 4.97. The molecule has 3 rings (SSSR count). The van der Waals surface area contributed by atoms with E-state index in [4.69, 9.17) is 21.1 Å². The van der Waals surface area contributed by atoms with Gasteiger partial charge in [0.15, 0.2) is 0 Å². The van der Waals surface area contributed by atoms with Crippen molar-refractivity contribution in [1.29, 1.82) is 0 Å². The summed E-state index contributed by atoms with van der Waals surface area (Å²) in [6.07, 6.45) is 4.60. The molecule has 2 heterocycles. The zero-order valence-corrected chi connectivity index (χ0v) is 14.1. The third-order valence-electron chi connectivity index (χ3n) is 5.27. The van der Waals surface area contributed by atoms with E-state index in [1.54, 1.807) is 7.11 Å². The minimum Gasteiger partial charge on any atom is -0.385 e. The van der Waals surface area contributed by atoms with Gasteiger partial charge < -0.3 is 9.47 Å². The van der Waals surface area contributed by atoms with E-state index in [0.717, 1.165) is 57.1 Å². The fourth-order valence-electron chi connectivity index (χ4n) is 3.99. The van der Waals surface area contributed by atoms with Crippen LogP contribution in [-0.4, -0.2) is 43.9 Å². The average Bonchev–Trinajstić information content (AvgIpc) is 2.90. The number of halogens is 1. The van der Waals surface area contributed by atoms with Crippen molar-refractivity contribution in [1.82, 2.24) is 4.90 Å². The number of hydrogen-bond acceptors (Lipinski definition) is 3. The van der Waals surface area contributed by atoms with Crippen LogP contribution < -0.4 is 0 Å². The lowest BCUT2D eigenvalue weighted by molar-refractivity contribution is -0.0721. The molecule has 0 aromatic heterocycles. The first-order valence-electron chi connectivity index (χ1n) is 8.31. The summed E-state index contributed by atoms with van der Waals surface area (Å²) in [6, 6.07) is 8.19. The predicted molar refractivity (Wildman–Crippen MR) is 89.2 cm³/mol. The molecule has 0 radical (unpaired) electrons. The lowest BCUT2D eigenvalue weighted by atomic mass is 9.78. The summed E-state index contributed by atoms with van der Waals surface area (Å²) in [7, 11) is 1.79. The van der Waals surface area contributed by atoms with Gasteiger partial charge in [0.05, 0.1) is 5.60 Å². The normalized spacial score (nSPS) is 24.9. The highest BCUT2D eigenvalue weighted by Crippen LogP contribution is 2.42. The number of methoxy groups -OCH3 is 1. The van der Waals surface area contributed by atoms with E-state index in [1.165, 1.54) is 12.0 Å². The largest absolute Gasteiger partial charge is 0.385 e. The van der Waals surface area contributed by atoms with E-state index in [0.29, 0.717) is 5.92 Å². The maximum atomic E-state index is 6.21. The van der Waals surface area contributed by atoms with Crippen LogP contribution in [0, 0.1) is 5.92 Å². The van der Waals surface area contributed by atoms with Gasteiger partial charge in [0.1, 0.15) is 0 Å². The summed E-state index contributed by atoms with van der Waals surface area (Å²) < 4.78 is 11.5. The summed E-state index contributed by atoms with van der Waals surface area (Å²) in [4.78, 5) is 2.52. The Balaban J connectivity index is 1.55. The van der Waals surface area contributed by atoms with Gasteiger partial charge in [-0.3, -0.25) is 4.90 Å². The van der Waals surface area contributed by atoms with E-state index in [-0.39, 0.29) is 5.60 Å². The summed E-state index contributed by atoms with van der Waals surface area (Å²) in [5.41, 5.74) is 1.41. The Morgan fingerprint density at radius 2 is 2.18 bits per heavy atom. The molecule has 0 saturated carbocycles. The summed E-state index contributed by atoms with van der Waals surface area (Å²) >= 11 is 6.08. The molecule has 1 aromatic carbocycles. The molecule has 3 nitrogen and oxygen atoms in total. The van der Waals surface area contributed by atoms with Crippen molar-refractivity contribution in [2.45, 2.75) is 37.8 Å². The van der Waals surface area contributed by atoms with Crippen molar-refractivity contribution in [2.75, 3.05) is 33.4 Å². The highest BCUT2D eigenvalue weighted by molar-refractivity contribution is 6.30. The van der Waals surface area contributed by atoms with Crippen LogP contribution in [0.2, 0.25) is 5.02 Å². The third-order valence-corrected chi connectivity index (χ3v) is 5.50. The Morgan fingerprint density at radius 1 is 1.36 bits per heavy atom. The van der Waals surface area contributed by atoms with Crippen LogP contribution in [0.4, 0.5) is 0 Å². The zero-order valence-electron chi connectivity index (χ0n) is 13.4. The molecule has 2 aliphatic rings. The van der Waals surface area contributed by atoms with Crippen LogP contribution in [0.3, 0.4) is 0 Å². The topological polar surface area (TPSA) is 21.7 Å². The monoisotopic (exact) mass is 323 g/mol. The van der Waals surface area contributed by atoms with Crippen LogP contribution in [-0.2, 0) is 16.0 Å². The van der Waals surface area contributed by atoms with Gasteiger partial charge in [-0.1, -0.05) is 23.7 Å². The van der Waals surface area contributed by atoms with Gasteiger partial charge in [0.25, 0.3) is 0 Å². The second-order valence-electron chi connectivity index (χ2n) is 6.59. The highest BCUT2D eigenvalue weighted by atomic mass is 35.5. The minimum absolute atomic E-state index is 0.114. The second-order valence-corrected chi connectivity index (χ2v) is 7.02. The molecular formula is C18H26ClNO2. The Labute approximate surface area is 138 Å². The second kappa shape index (κ2) is 7.31. The number of hydrogen-bond donors (Lipinski definition) is 0. The molecule has 0 N–H and O–H groups in total. The van der Waals surface area contributed by atoms with Gasteiger partial charge in [-0.05, 0) is 49.3 Å². The molecule has 1 atom stereocenters. The lowest BCUT2D eigenvalue weighted by Crippen LogP contribution is -2.47. The molecule has 122 valence electrons. The van der Waals surface area contributed by atoms with Crippen LogP contribution in [0.15, 0.2) is 24.3 Å². The lowest BCUT2D eigenvalue weighted by Gasteiger charge is -2.42. The first-order chi connectivity index (χ1) is 10.7. The zero-order chi connectivity index (χ0) is 15.4. The fraction of sp³-hybridized carbons (Fsp3) is 0.667. The average molecular weight is 324 g/mol. The third kappa shape index (κ3) is 3.65. The molecule has 4 heteroatoms. The Kier molecular flexibility index (Phi) is 5.40. The van der Waals surface area contributed by atoms with Crippen molar-refractivity contribution >= 4 is 11.6 Å². The van der Waals surface area contributed by atoms with Crippen molar-refractivity contribution in [3.63, 3.8) is 0 Å². The van der Waals surface area contributed by atoms with Crippen molar-refractivity contribution in [3.8, 4) is 0 Å². The maximum absolute atomic E-state index is 6.21. The molecule has 2 fully saturated rings. The van der Waals surface area contributed by atoms with E-state index < -0.39 is 0 Å². The number of rotatable bonds is 5. The molecule has 0 aliphatic carbocycles. The van der Waals surface area contributed by atoms with Crippen LogP contribution in [0.5, 0.6) is 0 Å². The Hall–Kier alpha value is -0.610. The van der Waals surface area contributed by atoms with Crippen LogP contribution in [0.1, 0.15) is 31.2 Å². The number of likely N-dealkylation sites (tertiary alicyclic amines) is 1. The summed E-state index contributed by atoms with van der Waals surface area (Å²) in [5.74, 6) is 0.667. The number of benzene rings is 1. The molecule has 1 aromatic rings. The molecule has 2 aliphatic heterocycles. The molecule has 22 heavy (non-hydrogen) atoms. The van der Waals surface area contributed by atoms with E-state index in [9.17, 15) is 0 Å². The highest BCUT2D eigenvalue weighted by Gasteiger charge is 2.45. The maximum Gasteiger partial charge on any atom is 0.0736 e. The van der Waals surface area contributed by atoms with Crippen LogP contribution in [0.25, 0.3) is 0 Å². The number of piperidine rings is 1. The molecule has 0 bridgehead atoms. The Morgan fingerprint density at radius 3 is 2.91 bits per heavy atom. The first-order valence-corrected chi connectivity index (χ1v) is 8.69. The molecule has 0 unspecified atom stereocenters. The van der Waals surface area contributed by atoms with Crippen molar-refractivity contribution in [2.24, 2.45) is 5.92 Å². The van der Waals surface area contributed by atoms with Gasteiger partial charge in [-0.2, -0.15) is 0 Å². The minimum atomic E-state index is 0.114. The van der Waals surface area contributed by atoms with Crippen LogP contribution >= 0.6 is 11.6 Å². The van der Waals surface area contributed by atoms with Gasteiger partial charge >= 0.3 is 0 Å². The molecule has 2 saturated heterocycles. The predicted octanol–water partition coefficient (Wildman–Crippen LogP) is 3.75. The molecule has 0 amide bonds. The quantitative estimate of drug-likeness (QED) is 0.823. The number of ether oxygens (including phenoxy) is 2. The number of nitrogens with zero attached hydrogens (tertiary/aromatic N) is 1. The van der Waals surface area contributed by atoms with E-state index >= 15 is 0 Å². The summed E-state index contributed by atoms with van der Waals surface area (Å²) in [5, 5.41) is 0.824. The van der Waals surface area contributed by atoms with E-state index in [2.05, 4.69) is 17.0 Å². The molecular weight excluding hydrogens is 298 g/mol. The SMILES string of the molecule is COCC[C@H]1CCOC12CCN(Cc1cccc(Cl)c1)CC2.